The molecule has 0 spiro atoms. The molecule has 0 aliphatic carbocycles. The third-order valence-electron chi connectivity index (χ3n) is 1.39. The lowest BCUT2D eigenvalue weighted by molar-refractivity contribution is -0.122. The van der Waals surface area contributed by atoms with E-state index in [0.717, 1.165) is 0 Å². The average molecular weight is 154 g/mol. The maximum Gasteiger partial charge on any atom is 0.236 e. The lowest BCUT2D eigenvalue weighted by atomic mass is 10.3. The summed E-state index contributed by atoms with van der Waals surface area (Å²) in [6, 6.07) is -0.146. The number of nitrogens with one attached hydrogen (secondary N) is 2. The highest BCUT2D eigenvalue weighted by atomic mass is 16.2. The van der Waals surface area contributed by atoms with Crippen LogP contribution in [-0.2, 0) is 4.79 Å². The molecule has 1 unspecified atom stereocenters. The van der Waals surface area contributed by atoms with Crippen molar-refractivity contribution in [1.29, 1.82) is 0 Å². The van der Waals surface area contributed by atoms with E-state index in [-0.39, 0.29) is 11.9 Å². The van der Waals surface area contributed by atoms with E-state index in [4.69, 9.17) is 6.42 Å². The Morgan fingerprint density at radius 2 is 2.36 bits per heavy atom. The topological polar surface area (TPSA) is 41.1 Å². The predicted molar refractivity (Wildman–Crippen MR) is 45.0 cm³/mol. The minimum Gasteiger partial charge on any atom is -0.354 e. The second-order valence-corrected chi connectivity index (χ2v) is 2.26. The standard InChI is InChI=1S/C8H14N2O/c1-4-5-6-10-8(11)7(2)9-3/h1,7,9H,5-6H2,2-3H3,(H,10,11). The Kier molecular flexibility index (Phi) is 5.22. The van der Waals surface area contributed by atoms with Crippen molar-refractivity contribution in [2.75, 3.05) is 13.6 Å². The molecule has 0 aliphatic rings. The number of amides is 1. The van der Waals surface area contributed by atoms with E-state index in [1.165, 1.54) is 0 Å². The summed E-state index contributed by atoms with van der Waals surface area (Å²) < 4.78 is 0. The maximum absolute atomic E-state index is 11.0. The number of likely N-dealkylation sites (N-methyl/N-ethyl adjacent to an activating group) is 1. The zero-order valence-corrected chi connectivity index (χ0v) is 6.98. The van der Waals surface area contributed by atoms with Crippen LogP contribution in [-0.4, -0.2) is 25.5 Å². The van der Waals surface area contributed by atoms with Gasteiger partial charge in [-0.1, -0.05) is 0 Å². The Balaban J connectivity index is 3.46. The highest BCUT2D eigenvalue weighted by Crippen LogP contribution is 1.79. The van der Waals surface area contributed by atoms with Gasteiger partial charge in [0.1, 0.15) is 0 Å². The maximum atomic E-state index is 11.0. The first kappa shape index (κ1) is 9.99. The zero-order chi connectivity index (χ0) is 8.69. The molecule has 11 heavy (non-hydrogen) atoms. The molecule has 0 heterocycles. The van der Waals surface area contributed by atoms with Crippen LogP contribution in [0.1, 0.15) is 13.3 Å². The molecule has 0 radical (unpaired) electrons. The molecule has 0 aromatic rings. The Bertz CT molecular complexity index is 160. The molecule has 2 N–H and O–H groups in total. The summed E-state index contributed by atoms with van der Waals surface area (Å²) in [4.78, 5) is 11.0. The first-order valence-corrected chi connectivity index (χ1v) is 3.60. The highest BCUT2D eigenvalue weighted by Gasteiger charge is 2.07. The van der Waals surface area contributed by atoms with E-state index in [0.29, 0.717) is 13.0 Å². The van der Waals surface area contributed by atoms with Crippen LogP contribution in [0.4, 0.5) is 0 Å². The van der Waals surface area contributed by atoms with Crippen LogP contribution in [0, 0.1) is 12.3 Å². The number of carbonyl (C=O) groups is 1. The fourth-order valence-electron chi connectivity index (χ4n) is 0.542. The van der Waals surface area contributed by atoms with Crippen molar-refractivity contribution >= 4 is 5.91 Å². The van der Waals surface area contributed by atoms with Gasteiger partial charge in [-0.25, -0.2) is 0 Å². The molecular formula is C8H14N2O. The van der Waals surface area contributed by atoms with Crippen LogP contribution in [0.2, 0.25) is 0 Å². The Morgan fingerprint density at radius 1 is 1.73 bits per heavy atom. The van der Waals surface area contributed by atoms with Gasteiger partial charge in [0, 0.05) is 13.0 Å². The molecule has 0 aromatic heterocycles. The smallest absolute Gasteiger partial charge is 0.236 e. The normalized spacial score (nSPS) is 11.7. The van der Waals surface area contributed by atoms with Gasteiger partial charge in [-0.2, -0.15) is 0 Å². The molecule has 3 heteroatoms. The van der Waals surface area contributed by atoms with Crippen molar-refractivity contribution in [3.8, 4) is 12.3 Å². The van der Waals surface area contributed by atoms with Crippen molar-refractivity contribution in [3.05, 3.63) is 0 Å². The molecule has 0 aliphatic heterocycles. The monoisotopic (exact) mass is 154 g/mol. The fourth-order valence-corrected chi connectivity index (χ4v) is 0.542. The fraction of sp³-hybridized carbons (Fsp3) is 0.625. The van der Waals surface area contributed by atoms with Crippen LogP contribution in [0.15, 0.2) is 0 Å². The molecule has 0 fully saturated rings. The van der Waals surface area contributed by atoms with E-state index in [2.05, 4.69) is 16.6 Å². The van der Waals surface area contributed by atoms with Crippen molar-refractivity contribution < 1.29 is 4.79 Å². The number of hydrogen-bond acceptors (Lipinski definition) is 2. The van der Waals surface area contributed by atoms with Crippen LogP contribution < -0.4 is 10.6 Å². The lowest BCUT2D eigenvalue weighted by Crippen LogP contribution is -2.40. The molecule has 3 nitrogen and oxygen atoms in total. The summed E-state index contributed by atoms with van der Waals surface area (Å²) in [5.41, 5.74) is 0. The highest BCUT2D eigenvalue weighted by molar-refractivity contribution is 5.81. The van der Waals surface area contributed by atoms with E-state index < -0.39 is 0 Å². The molecule has 62 valence electrons. The third kappa shape index (κ3) is 4.40. The molecule has 0 saturated heterocycles. The van der Waals surface area contributed by atoms with Crippen molar-refractivity contribution in [1.82, 2.24) is 10.6 Å². The minimum atomic E-state index is -0.146. The van der Waals surface area contributed by atoms with Crippen LogP contribution in [0.5, 0.6) is 0 Å². The number of carbonyl (C=O) groups excluding carboxylic acids is 1. The van der Waals surface area contributed by atoms with Crippen molar-refractivity contribution in [3.63, 3.8) is 0 Å². The molecule has 1 atom stereocenters. The van der Waals surface area contributed by atoms with E-state index in [9.17, 15) is 4.79 Å². The van der Waals surface area contributed by atoms with Gasteiger partial charge in [0.2, 0.25) is 5.91 Å². The molecule has 0 bridgehead atoms. The van der Waals surface area contributed by atoms with Gasteiger partial charge in [0.25, 0.3) is 0 Å². The van der Waals surface area contributed by atoms with Gasteiger partial charge in [-0.15, -0.1) is 12.3 Å². The molecule has 1 amide bonds. The molecule has 0 rings (SSSR count). The van der Waals surface area contributed by atoms with E-state index >= 15 is 0 Å². The van der Waals surface area contributed by atoms with Crippen LogP contribution in [0.25, 0.3) is 0 Å². The minimum absolute atomic E-state index is 0.0113. The zero-order valence-electron chi connectivity index (χ0n) is 6.98. The molecular weight excluding hydrogens is 140 g/mol. The van der Waals surface area contributed by atoms with Gasteiger partial charge in [0.05, 0.1) is 6.04 Å². The summed E-state index contributed by atoms with van der Waals surface area (Å²) >= 11 is 0. The lowest BCUT2D eigenvalue weighted by Gasteiger charge is -2.09. The SMILES string of the molecule is C#CCCNC(=O)C(C)NC. The summed E-state index contributed by atoms with van der Waals surface area (Å²) in [6.07, 6.45) is 5.59. The van der Waals surface area contributed by atoms with Crippen molar-refractivity contribution in [2.45, 2.75) is 19.4 Å². The van der Waals surface area contributed by atoms with Crippen LogP contribution in [0.3, 0.4) is 0 Å². The van der Waals surface area contributed by atoms with E-state index in [1.54, 1.807) is 14.0 Å². The summed E-state index contributed by atoms with van der Waals surface area (Å²) in [5, 5.41) is 5.52. The second-order valence-electron chi connectivity index (χ2n) is 2.26. The predicted octanol–water partition coefficient (Wildman–Crippen LogP) is -0.266. The third-order valence-corrected chi connectivity index (χ3v) is 1.39. The summed E-state index contributed by atoms with van der Waals surface area (Å²) in [7, 11) is 1.74. The largest absolute Gasteiger partial charge is 0.354 e. The molecule has 0 saturated carbocycles. The number of rotatable bonds is 4. The number of terminal acetylenes is 1. The molecule has 0 aromatic carbocycles. The first-order valence-electron chi connectivity index (χ1n) is 3.60. The van der Waals surface area contributed by atoms with Crippen molar-refractivity contribution in [2.24, 2.45) is 0 Å². The second kappa shape index (κ2) is 5.75. The van der Waals surface area contributed by atoms with Gasteiger partial charge >= 0.3 is 0 Å². The Hall–Kier alpha value is -1.01. The summed E-state index contributed by atoms with van der Waals surface area (Å²) in [6.45, 7) is 2.35. The van der Waals surface area contributed by atoms with Gasteiger partial charge < -0.3 is 10.6 Å². The van der Waals surface area contributed by atoms with Gasteiger partial charge in [-0.05, 0) is 14.0 Å². The Morgan fingerprint density at radius 3 is 2.82 bits per heavy atom. The average Bonchev–Trinajstić information content (AvgIpc) is 2.03. The Labute approximate surface area is 67.6 Å². The first-order chi connectivity index (χ1) is 5.22. The van der Waals surface area contributed by atoms with Gasteiger partial charge in [-0.3, -0.25) is 4.79 Å². The van der Waals surface area contributed by atoms with Crippen LogP contribution >= 0.6 is 0 Å². The van der Waals surface area contributed by atoms with E-state index in [1.807, 2.05) is 0 Å². The summed E-state index contributed by atoms with van der Waals surface area (Å²) in [5.74, 6) is 2.43. The van der Waals surface area contributed by atoms with Gasteiger partial charge in [0.15, 0.2) is 0 Å². The quantitative estimate of drug-likeness (QED) is 0.432. The number of hydrogen-bond donors (Lipinski definition) is 2.